The molecule has 0 fully saturated rings. The number of carbonyl (C=O) groups is 1. The SMILES string of the molecule is CC/C=C/CC/C=C/CC/C=C/CCCC(O)C(O)C(CO)NC(=O)C(O)CCCCCCCCCCCC/C=C\CCCCCCCCCCCCCC. The van der Waals surface area contributed by atoms with E-state index in [2.05, 4.69) is 67.8 Å². The van der Waals surface area contributed by atoms with Crippen molar-refractivity contribution in [1.29, 1.82) is 0 Å². The molecule has 0 bridgehead atoms. The number of carbonyl (C=O) groups excluding carboxylic acids is 1. The van der Waals surface area contributed by atoms with Gasteiger partial charge >= 0.3 is 0 Å². The van der Waals surface area contributed by atoms with Crippen LogP contribution in [0.3, 0.4) is 0 Å². The molecule has 0 rings (SSSR count). The van der Waals surface area contributed by atoms with E-state index in [4.69, 9.17) is 0 Å². The number of nitrogens with one attached hydrogen (secondary N) is 1. The van der Waals surface area contributed by atoms with Gasteiger partial charge in [-0.3, -0.25) is 4.79 Å². The molecule has 0 aliphatic rings. The first kappa shape index (κ1) is 53.3. The third kappa shape index (κ3) is 37.6. The van der Waals surface area contributed by atoms with Crippen molar-refractivity contribution in [2.24, 2.45) is 0 Å². The summed E-state index contributed by atoms with van der Waals surface area (Å²) in [5.74, 6) is -0.602. The van der Waals surface area contributed by atoms with Gasteiger partial charge in [0.15, 0.2) is 0 Å². The number of hydrogen-bond donors (Lipinski definition) is 5. The molecule has 5 N–H and O–H groups in total. The van der Waals surface area contributed by atoms with Crippen molar-refractivity contribution in [3.63, 3.8) is 0 Å². The lowest BCUT2D eigenvalue weighted by Gasteiger charge is -2.27. The number of allylic oxidation sites excluding steroid dienone is 8. The standard InChI is InChI=1S/C49H91NO5/c1-3-5-7-9-11-13-15-17-18-19-20-21-22-23-24-25-26-27-28-29-31-33-35-37-39-41-43-47(53)49(55)50-45(44-51)48(54)46(52)42-40-38-36-34-32-30-16-14-12-10-8-6-4-2/h6,8,14,16,23-24,34,36,45-48,51-54H,3-5,7,9-13,15,17-22,25-33,35,37-44H2,1-2H3,(H,50,55)/b8-6+,16-14+,24-23-,36-34+. The molecule has 0 heterocycles. The molecule has 0 aromatic heterocycles. The summed E-state index contributed by atoms with van der Waals surface area (Å²) in [5.41, 5.74) is 0. The number of hydrogen-bond acceptors (Lipinski definition) is 5. The van der Waals surface area contributed by atoms with Crippen LogP contribution in [0, 0.1) is 0 Å². The number of aliphatic hydroxyl groups is 4. The Morgan fingerprint density at radius 2 is 0.818 bits per heavy atom. The normalized spacial score (nSPS) is 14.5. The molecule has 0 spiro atoms. The molecule has 6 nitrogen and oxygen atoms in total. The summed E-state index contributed by atoms with van der Waals surface area (Å²) in [6.07, 6.45) is 53.1. The molecule has 6 heteroatoms. The Morgan fingerprint density at radius 3 is 1.24 bits per heavy atom. The molecule has 0 saturated heterocycles. The lowest BCUT2D eigenvalue weighted by Crippen LogP contribution is -2.53. The average Bonchev–Trinajstić information content (AvgIpc) is 3.19. The summed E-state index contributed by atoms with van der Waals surface area (Å²) in [5, 5.41) is 43.6. The molecule has 0 radical (unpaired) electrons. The highest BCUT2D eigenvalue weighted by Crippen LogP contribution is 2.15. The second-order valence-electron chi connectivity index (χ2n) is 16.0. The van der Waals surface area contributed by atoms with Gasteiger partial charge in [-0.15, -0.1) is 0 Å². The van der Waals surface area contributed by atoms with Crippen LogP contribution in [0.5, 0.6) is 0 Å². The number of unbranched alkanes of at least 4 members (excludes halogenated alkanes) is 25. The van der Waals surface area contributed by atoms with Crippen molar-refractivity contribution < 1.29 is 25.2 Å². The van der Waals surface area contributed by atoms with E-state index in [1.807, 2.05) is 0 Å². The van der Waals surface area contributed by atoms with Crippen molar-refractivity contribution in [3.8, 4) is 0 Å². The Kier molecular flexibility index (Phi) is 42.0. The highest BCUT2D eigenvalue weighted by molar-refractivity contribution is 5.80. The lowest BCUT2D eigenvalue weighted by molar-refractivity contribution is -0.132. The van der Waals surface area contributed by atoms with Gasteiger partial charge in [0.1, 0.15) is 12.2 Å². The summed E-state index contributed by atoms with van der Waals surface area (Å²) in [6, 6.07) is -1.01. The van der Waals surface area contributed by atoms with Crippen molar-refractivity contribution in [1.82, 2.24) is 5.32 Å². The lowest BCUT2D eigenvalue weighted by atomic mass is 10.00. The van der Waals surface area contributed by atoms with Crippen LogP contribution < -0.4 is 5.32 Å². The molecular weight excluding hydrogens is 683 g/mol. The van der Waals surface area contributed by atoms with Gasteiger partial charge in [0.2, 0.25) is 5.91 Å². The number of rotatable bonds is 42. The zero-order valence-corrected chi connectivity index (χ0v) is 36.2. The van der Waals surface area contributed by atoms with Crippen LogP contribution >= 0.6 is 0 Å². The summed E-state index contributed by atoms with van der Waals surface area (Å²) in [4.78, 5) is 12.5. The number of aliphatic hydroxyl groups excluding tert-OH is 4. The minimum atomic E-state index is -1.29. The molecule has 4 atom stereocenters. The zero-order chi connectivity index (χ0) is 40.3. The molecule has 55 heavy (non-hydrogen) atoms. The predicted molar refractivity (Wildman–Crippen MR) is 237 cm³/mol. The summed E-state index contributed by atoms with van der Waals surface area (Å²) < 4.78 is 0. The van der Waals surface area contributed by atoms with Gasteiger partial charge in [0, 0.05) is 0 Å². The van der Waals surface area contributed by atoms with Crippen LogP contribution in [-0.2, 0) is 4.79 Å². The van der Waals surface area contributed by atoms with E-state index in [0.717, 1.165) is 57.8 Å². The first-order chi connectivity index (χ1) is 27.0. The topological polar surface area (TPSA) is 110 Å². The Balaban J connectivity index is 3.70. The maximum absolute atomic E-state index is 12.5. The Labute approximate surface area is 340 Å². The third-order valence-corrected chi connectivity index (χ3v) is 10.7. The molecular formula is C49H91NO5. The largest absolute Gasteiger partial charge is 0.394 e. The highest BCUT2D eigenvalue weighted by Gasteiger charge is 2.28. The van der Waals surface area contributed by atoms with Gasteiger partial charge in [0.25, 0.3) is 0 Å². The maximum Gasteiger partial charge on any atom is 0.249 e. The summed E-state index contributed by atoms with van der Waals surface area (Å²) in [6.45, 7) is 3.93. The summed E-state index contributed by atoms with van der Waals surface area (Å²) >= 11 is 0. The average molecular weight is 774 g/mol. The van der Waals surface area contributed by atoms with E-state index in [-0.39, 0.29) is 0 Å². The minimum absolute atomic E-state index is 0.356. The van der Waals surface area contributed by atoms with Gasteiger partial charge in [-0.1, -0.05) is 191 Å². The van der Waals surface area contributed by atoms with Gasteiger partial charge in [0.05, 0.1) is 18.8 Å². The Morgan fingerprint density at radius 1 is 0.455 bits per heavy atom. The molecule has 322 valence electrons. The van der Waals surface area contributed by atoms with E-state index in [1.54, 1.807) is 0 Å². The first-order valence-corrected chi connectivity index (χ1v) is 23.5. The zero-order valence-electron chi connectivity index (χ0n) is 36.2. The summed E-state index contributed by atoms with van der Waals surface area (Å²) in [7, 11) is 0. The molecule has 4 unspecified atom stereocenters. The molecule has 0 saturated carbocycles. The molecule has 1 amide bonds. The Hall–Kier alpha value is -1.73. The van der Waals surface area contributed by atoms with E-state index in [1.165, 1.54) is 135 Å². The fourth-order valence-corrected chi connectivity index (χ4v) is 7.03. The van der Waals surface area contributed by atoms with E-state index < -0.39 is 36.9 Å². The predicted octanol–water partition coefficient (Wildman–Crippen LogP) is 12.7. The van der Waals surface area contributed by atoms with Gasteiger partial charge in [-0.05, 0) is 83.5 Å². The fraction of sp³-hybridized carbons (Fsp3) is 0.816. The monoisotopic (exact) mass is 774 g/mol. The smallest absolute Gasteiger partial charge is 0.249 e. The van der Waals surface area contributed by atoms with Gasteiger partial charge in [-0.25, -0.2) is 0 Å². The van der Waals surface area contributed by atoms with Crippen LogP contribution in [0.4, 0.5) is 0 Å². The van der Waals surface area contributed by atoms with Crippen LogP contribution in [0.25, 0.3) is 0 Å². The minimum Gasteiger partial charge on any atom is -0.394 e. The second-order valence-corrected chi connectivity index (χ2v) is 16.0. The van der Waals surface area contributed by atoms with Crippen LogP contribution in [0.15, 0.2) is 48.6 Å². The maximum atomic E-state index is 12.5. The van der Waals surface area contributed by atoms with E-state index in [0.29, 0.717) is 19.3 Å². The number of amides is 1. The molecule has 0 aromatic carbocycles. The van der Waals surface area contributed by atoms with Crippen LogP contribution in [-0.4, -0.2) is 57.3 Å². The Bertz CT molecular complexity index is 915. The van der Waals surface area contributed by atoms with Gasteiger partial charge in [-0.2, -0.15) is 0 Å². The highest BCUT2D eigenvalue weighted by atomic mass is 16.3. The van der Waals surface area contributed by atoms with Gasteiger partial charge < -0.3 is 25.7 Å². The van der Waals surface area contributed by atoms with Crippen LogP contribution in [0.1, 0.15) is 226 Å². The third-order valence-electron chi connectivity index (χ3n) is 10.7. The second kappa shape index (κ2) is 43.4. The molecule has 0 aliphatic heterocycles. The molecule has 0 aliphatic carbocycles. The van der Waals surface area contributed by atoms with Crippen LogP contribution in [0.2, 0.25) is 0 Å². The fourth-order valence-electron chi connectivity index (χ4n) is 7.03. The van der Waals surface area contributed by atoms with Crippen molar-refractivity contribution >= 4 is 5.91 Å². The van der Waals surface area contributed by atoms with E-state index in [9.17, 15) is 25.2 Å². The van der Waals surface area contributed by atoms with Crippen molar-refractivity contribution in [3.05, 3.63) is 48.6 Å². The van der Waals surface area contributed by atoms with E-state index >= 15 is 0 Å². The molecule has 0 aromatic rings. The first-order valence-electron chi connectivity index (χ1n) is 23.5. The van der Waals surface area contributed by atoms with Crippen molar-refractivity contribution in [2.45, 2.75) is 250 Å². The quantitative estimate of drug-likeness (QED) is 0.0313. The van der Waals surface area contributed by atoms with Crippen molar-refractivity contribution in [2.75, 3.05) is 6.61 Å².